The van der Waals surface area contributed by atoms with Gasteiger partial charge in [-0.05, 0) is 37.2 Å². The van der Waals surface area contributed by atoms with Crippen LogP contribution >= 0.6 is 11.3 Å². The van der Waals surface area contributed by atoms with Crippen LogP contribution in [0.3, 0.4) is 0 Å². The summed E-state index contributed by atoms with van der Waals surface area (Å²) in [5, 5.41) is 1.45. The van der Waals surface area contributed by atoms with Gasteiger partial charge in [0.05, 0.1) is 15.8 Å². The minimum atomic E-state index is -4.40. The van der Waals surface area contributed by atoms with Crippen LogP contribution < -0.4 is 5.73 Å². The van der Waals surface area contributed by atoms with Gasteiger partial charge in [-0.1, -0.05) is 11.3 Å². The summed E-state index contributed by atoms with van der Waals surface area (Å²) in [4.78, 5) is 4.00. The Balaban J connectivity index is 2.29. The van der Waals surface area contributed by atoms with Gasteiger partial charge in [0.25, 0.3) is 0 Å². The molecule has 0 amide bonds. The summed E-state index contributed by atoms with van der Waals surface area (Å²) in [7, 11) is 0. The van der Waals surface area contributed by atoms with E-state index in [1.165, 1.54) is 11.5 Å². The average Bonchev–Trinajstić information content (AvgIpc) is 2.80. The topological polar surface area (TPSA) is 62.0 Å². The van der Waals surface area contributed by atoms with Crippen LogP contribution in [0.15, 0.2) is 34.0 Å². The van der Waals surface area contributed by atoms with Crippen LogP contribution in [0.1, 0.15) is 12.0 Å². The van der Waals surface area contributed by atoms with Crippen molar-refractivity contribution in [3.8, 4) is 0 Å². The van der Waals surface area contributed by atoms with Gasteiger partial charge in [0.15, 0.2) is 0 Å². The zero-order valence-corrected chi connectivity index (χ0v) is 11.8. The molecule has 20 heavy (non-hydrogen) atoms. The van der Waals surface area contributed by atoms with Crippen LogP contribution in [-0.4, -0.2) is 16.1 Å². The van der Waals surface area contributed by atoms with Crippen molar-refractivity contribution in [3.63, 3.8) is 0 Å². The minimum Gasteiger partial charge on any atom is -0.605 e. The lowest BCUT2D eigenvalue weighted by atomic mass is 10.2. The third-order valence-corrected chi connectivity index (χ3v) is 4.87. The molecule has 2 N–H and O–H groups in total. The van der Waals surface area contributed by atoms with Crippen molar-refractivity contribution in [1.29, 1.82) is 0 Å². The molecule has 2 aromatic rings. The smallest absolute Gasteiger partial charge is 0.416 e. The van der Waals surface area contributed by atoms with Crippen LogP contribution in [0.4, 0.5) is 13.2 Å². The van der Waals surface area contributed by atoms with E-state index in [9.17, 15) is 17.7 Å². The lowest BCUT2D eigenvalue weighted by Crippen LogP contribution is -2.04. The maximum atomic E-state index is 12.6. The number of fused-ring (bicyclic) bond motifs is 1. The summed E-state index contributed by atoms with van der Waals surface area (Å²) < 4.78 is 50.5. The maximum absolute atomic E-state index is 12.6. The van der Waals surface area contributed by atoms with Gasteiger partial charge in [-0.15, -0.1) is 0 Å². The summed E-state index contributed by atoms with van der Waals surface area (Å²) in [5.74, 6) is 0. The molecule has 1 unspecified atom stereocenters. The number of aromatic nitrogens is 1. The molecule has 0 saturated heterocycles. The maximum Gasteiger partial charge on any atom is 0.416 e. The molecule has 8 heteroatoms. The first kappa shape index (κ1) is 15.3. The van der Waals surface area contributed by atoms with E-state index in [2.05, 4.69) is 4.98 Å². The zero-order valence-electron chi connectivity index (χ0n) is 10.2. The third-order valence-electron chi connectivity index (χ3n) is 2.42. The quantitative estimate of drug-likeness (QED) is 0.879. The molecule has 1 heterocycles. The van der Waals surface area contributed by atoms with Crippen molar-refractivity contribution >= 4 is 32.7 Å². The lowest BCUT2D eigenvalue weighted by Gasteiger charge is -2.04. The van der Waals surface area contributed by atoms with Crippen LogP contribution in [0, 0.1) is 0 Å². The van der Waals surface area contributed by atoms with Crippen molar-refractivity contribution in [2.45, 2.75) is 16.9 Å². The number of hydrogen-bond donors (Lipinski definition) is 1. The summed E-state index contributed by atoms with van der Waals surface area (Å²) in [6.45, 7) is 0.447. The largest absolute Gasteiger partial charge is 0.605 e. The number of hydrogen-bond acceptors (Lipinski definition) is 4. The van der Waals surface area contributed by atoms with Crippen molar-refractivity contribution in [2.75, 3.05) is 6.54 Å². The van der Waals surface area contributed by atoms with Crippen LogP contribution in [-0.2, 0) is 17.4 Å². The summed E-state index contributed by atoms with van der Waals surface area (Å²) in [6.07, 6.45) is -2.14. The lowest BCUT2D eigenvalue weighted by molar-refractivity contribution is -0.137. The Morgan fingerprint density at radius 3 is 2.80 bits per heavy atom. The molecule has 2 rings (SSSR count). The second-order valence-corrected chi connectivity index (χ2v) is 6.45. The van der Waals surface area contributed by atoms with Gasteiger partial charge in [-0.3, -0.25) is 0 Å². The molecule has 0 saturated carbocycles. The highest BCUT2D eigenvalue weighted by Crippen LogP contribution is 2.34. The van der Waals surface area contributed by atoms with Gasteiger partial charge < -0.3 is 10.3 Å². The van der Waals surface area contributed by atoms with Gasteiger partial charge in [-0.2, -0.15) is 18.2 Å². The Kier molecular flexibility index (Phi) is 4.69. The molecule has 1 atom stereocenters. The minimum absolute atomic E-state index is 0.209. The fourth-order valence-corrected chi connectivity index (χ4v) is 3.54. The first-order valence-electron chi connectivity index (χ1n) is 5.67. The Labute approximate surface area is 120 Å². The molecular weight excluding hydrogens is 309 g/mol. The predicted molar refractivity (Wildman–Crippen MR) is 73.8 cm³/mol. The van der Waals surface area contributed by atoms with E-state index in [0.29, 0.717) is 17.7 Å². The van der Waals surface area contributed by atoms with Crippen molar-refractivity contribution in [2.24, 2.45) is 5.73 Å². The van der Waals surface area contributed by atoms with Gasteiger partial charge in [-0.25, -0.2) is 0 Å². The number of halogens is 3. The SMILES string of the molecule is NCC/C=C/[S+]([O-])c1nc2cc(C(F)(F)F)ccc2s1. The molecule has 0 aliphatic carbocycles. The van der Waals surface area contributed by atoms with Crippen LogP contribution in [0.5, 0.6) is 0 Å². The monoisotopic (exact) mass is 320 g/mol. The Morgan fingerprint density at radius 1 is 1.40 bits per heavy atom. The molecular formula is C12H11F3N2OS2. The Hall–Kier alpha value is -1.09. The first-order valence-corrected chi connectivity index (χ1v) is 7.70. The molecule has 0 aliphatic heterocycles. The Morgan fingerprint density at radius 2 is 2.15 bits per heavy atom. The van der Waals surface area contributed by atoms with E-state index in [4.69, 9.17) is 5.73 Å². The molecule has 108 valence electrons. The van der Waals surface area contributed by atoms with Crippen LogP contribution in [0.25, 0.3) is 10.2 Å². The van der Waals surface area contributed by atoms with Crippen molar-refractivity contribution in [3.05, 3.63) is 35.2 Å². The molecule has 0 bridgehead atoms. The number of benzene rings is 1. The Bertz CT molecular complexity index is 625. The zero-order chi connectivity index (χ0) is 14.8. The second kappa shape index (κ2) is 6.13. The normalized spacial score (nSPS) is 14.2. The molecule has 0 fully saturated rings. The van der Waals surface area contributed by atoms with Gasteiger partial charge in [0.1, 0.15) is 5.41 Å². The highest BCUT2D eigenvalue weighted by atomic mass is 32.2. The fraction of sp³-hybridized carbons (Fsp3) is 0.250. The predicted octanol–water partition coefficient (Wildman–Crippen LogP) is 3.29. The standard InChI is InChI=1S/C12H11F3N2OS2/c13-12(14,15)8-3-4-10-9(7-8)17-11(19-10)20(18)6-2-1-5-16/h2-4,6-7H,1,5,16H2/b6-2+. The molecule has 1 aromatic carbocycles. The third kappa shape index (κ3) is 3.51. The highest BCUT2D eigenvalue weighted by molar-refractivity contribution is 7.96. The van der Waals surface area contributed by atoms with Crippen molar-refractivity contribution in [1.82, 2.24) is 4.98 Å². The first-order chi connectivity index (χ1) is 9.41. The number of nitrogens with two attached hydrogens (primary N) is 1. The molecule has 0 spiro atoms. The molecule has 0 radical (unpaired) electrons. The van der Waals surface area contributed by atoms with E-state index in [1.54, 1.807) is 6.08 Å². The molecule has 1 aromatic heterocycles. The number of rotatable bonds is 4. The van der Waals surface area contributed by atoms with E-state index in [1.807, 2.05) is 0 Å². The number of alkyl halides is 3. The summed E-state index contributed by atoms with van der Waals surface area (Å²) in [6, 6.07) is 3.31. The highest BCUT2D eigenvalue weighted by Gasteiger charge is 2.31. The van der Waals surface area contributed by atoms with Crippen LogP contribution in [0.2, 0.25) is 0 Å². The van der Waals surface area contributed by atoms with E-state index < -0.39 is 22.9 Å². The van der Waals surface area contributed by atoms with Gasteiger partial charge in [0, 0.05) is 11.2 Å². The average molecular weight is 320 g/mol. The van der Waals surface area contributed by atoms with E-state index in [0.717, 1.165) is 23.5 Å². The van der Waals surface area contributed by atoms with Gasteiger partial charge in [0.2, 0.25) is 0 Å². The summed E-state index contributed by atoms with van der Waals surface area (Å²) in [5.41, 5.74) is 4.75. The van der Waals surface area contributed by atoms with E-state index >= 15 is 0 Å². The number of nitrogens with zero attached hydrogens (tertiary/aromatic N) is 1. The summed E-state index contributed by atoms with van der Waals surface area (Å²) >= 11 is -0.334. The van der Waals surface area contributed by atoms with Gasteiger partial charge >= 0.3 is 10.5 Å². The number of thiazole rings is 1. The molecule has 0 aliphatic rings. The molecule has 3 nitrogen and oxygen atoms in total. The fourth-order valence-electron chi connectivity index (χ4n) is 1.48. The van der Waals surface area contributed by atoms with E-state index in [-0.39, 0.29) is 9.86 Å². The second-order valence-electron chi connectivity index (χ2n) is 3.91. The van der Waals surface area contributed by atoms with Crippen molar-refractivity contribution < 1.29 is 17.7 Å².